The molecule has 6 nitrogen and oxygen atoms in total. The minimum absolute atomic E-state index is 0.0943. The number of thiazole rings is 1. The second-order valence-corrected chi connectivity index (χ2v) is 9.30. The van der Waals surface area contributed by atoms with Crippen molar-refractivity contribution in [2.24, 2.45) is 0 Å². The lowest BCUT2D eigenvalue weighted by Gasteiger charge is -2.06. The van der Waals surface area contributed by atoms with Crippen LogP contribution in [0.1, 0.15) is 5.56 Å². The summed E-state index contributed by atoms with van der Waals surface area (Å²) in [6, 6.07) is 16.1. The van der Waals surface area contributed by atoms with Gasteiger partial charge in [-0.1, -0.05) is 23.5 Å². The molecule has 1 unspecified atom stereocenters. The van der Waals surface area contributed by atoms with Gasteiger partial charge in [-0.2, -0.15) is 0 Å². The number of carbonyl (C=O) groups is 1. The topological polar surface area (TPSA) is 77.5 Å². The lowest BCUT2D eigenvalue weighted by molar-refractivity contribution is -0.115. The van der Waals surface area contributed by atoms with Crippen LogP contribution in [0.5, 0.6) is 11.5 Å². The number of hydrogen-bond donors (Lipinski definition) is 1. The molecule has 1 heterocycles. The fourth-order valence-corrected chi connectivity index (χ4v) is 5.13. The smallest absolute Gasteiger partial charge is 0.230 e. The van der Waals surface area contributed by atoms with E-state index >= 15 is 0 Å². The Morgan fingerprint density at radius 2 is 1.75 bits per heavy atom. The number of carbonyl (C=O) groups excluding carboxylic acids is 1. The van der Waals surface area contributed by atoms with Crippen LogP contribution in [0.2, 0.25) is 0 Å². The van der Waals surface area contributed by atoms with Crippen molar-refractivity contribution in [2.75, 3.05) is 19.5 Å². The third-order valence-electron chi connectivity index (χ3n) is 4.65. The SMILES string of the molecule is COc1cc2nc(NC(=O)Cc3cccc(S(=O)c4ccc(F)cc4)c3)sc2cc1OC. The molecule has 0 saturated heterocycles. The summed E-state index contributed by atoms with van der Waals surface area (Å²) in [5.41, 5.74) is 1.40. The zero-order chi connectivity index (χ0) is 22.7. The molecule has 3 aromatic carbocycles. The lowest BCUT2D eigenvalue weighted by Crippen LogP contribution is -2.14. The van der Waals surface area contributed by atoms with E-state index in [9.17, 15) is 13.4 Å². The summed E-state index contributed by atoms with van der Waals surface area (Å²) < 4.78 is 37.3. The van der Waals surface area contributed by atoms with E-state index in [-0.39, 0.29) is 18.1 Å². The van der Waals surface area contributed by atoms with Crippen molar-refractivity contribution in [1.29, 1.82) is 0 Å². The molecule has 164 valence electrons. The number of fused-ring (bicyclic) bond motifs is 1. The highest BCUT2D eigenvalue weighted by Gasteiger charge is 2.14. The Bertz CT molecular complexity index is 1260. The number of ether oxygens (including phenoxy) is 2. The Hall–Kier alpha value is -3.30. The van der Waals surface area contributed by atoms with Crippen LogP contribution < -0.4 is 14.8 Å². The molecule has 1 aromatic heterocycles. The van der Waals surface area contributed by atoms with Gasteiger partial charge in [0.1, 0.15) is 5.82 Å². The second kappa shape index (κ2) is 9.46. The van der Waals surface area contributed by atoms with Gasteiger partial charge in [0, 0.05) is 21.9 Å². The molecular formula is C23H19FN2O4S2. The Labute approximate surface area is 190 Å². The third kappa shape index (κ3) is 4.79. The highest BCUT2D eigenvalue weighted by molar-refractivity contribution is 7.85. The maximum absolute atomic E-state index is 13.1. The molecule has 1 amide bonds. The largest absolute Gasteiger partial charge is 0.493 e. The minimum atomic E-state index is -1.47. The molecule has 0 aliphatic heterocycles. The Morgan fingerprint density at radius 3 is 2.47 bits per heavy atom. The third-order valence-corrected chi connectivity index (χ3v) is 6.96. The number of aromatic nitrogens is 1. The Kier molecular flexibility index (Phi) is 6.48. The normalized spacial score (nSPS) is 11.8. The number of halogens is 1. The molecule has 0 aliphatic rings. The van der Waals surface area contributed by atoms with Crippen molar-refractivity contribution >= 4 is 43.4 Å². The maximum atomic E-state index is 13.1. The number of rotatable bonds is 7. The summed E-state index contributed by atoms with van der Waals surface area (Å²) in [6.07, 6.45) is 0.0943. The number of benzene rings is 3. The van der Waals surface area contributed by atoms with E-state index in [4.69, 9.17) is 9.47 Å². The first-order valence-corrected chi connectivity index (χ1v) is 11.5. The van der Waals surface area contributed by atoms with E-state index in [2.05, 4.69) is 10.3 Å². The van der Waals surface area contributed by atoms with Crippen LogP contribution in [0.3, 0.4) is 0 Å². The number of amides is 1. The van der Waals surface area contributed by atoms with Gasteiger partial charge in [0.2, 0.25) is 5.91 Å². The molecule has 4 aromatic rings. The van der Waals surface area contributed by atoms with Crippen molar-refractivity contribution in [2.45, 2.75) is 16.2 Å². The van der Waals surface area contributed by atoms with Crippen LogP contribution in [0, 0.1) is 5.82 Å². The van der Waals surface area contributed by atoms with Gasteiger partial charge >= 0.3 is 0 Å². The molecule has 9 heteroatoms. The van der Waals surface area contributed by atoms with Crippen molar-refractivity contribution in [3.63, 3.8) is 0 Å². The van der Waals surface area contributed by atoms with Crippen LogP contribution in [0.25, 0.3) is 10.2 Å². The van der Waals surface area contributed by atoms with E-state index in [0.29, 0.717) is 37.5 Å². The summed E-state index contributed by atoms with van der Waals surface area (Å²) in [5.74, 6) is 0.525. The summed E-state index contributed by atoms with van der Waals surface area (Å²) in [7, 11) is 1.64. The van der Waals surface area contributed by atoms with Crippen molar-refractivity contribution in [1.82, 2.24) is 4.98 Å². The lowest BCUT2D eigenvalue weighted by atomic mass is 10.1. The number of nitrogens with zero attached hydrogens (tertiary/aromatic N) is 1. The van der Waals surface area contributed by atoms with Crippen molar-refractivity contribution < 1.29 is 22.9 Å². The quantitative estimate of drug-likeness (QED) is 0.420. The summed E-state index contributed by atoms with van der Waals surface area (Å²) >= 11 is 1.33. The molecule has 0 fully saturated rings. The van der Waals surface area contributed by atoms with E-state index in [1.54, 1.807) is 44.6 Å². The predicted octanol–water partition coefficient (Wildman–Crippen LogP) is 4.80. The van der Waals surface area contributed by atoms with Gasteiger partial charge in [-0.15, -0.1) is 0 Å². The van der Waals surface area contributed by atoms with E-state index in [1.807, 2.05) is 6.07 Å². The first-order valence-electron chi connectivity index (χ1n) is 9.55. The minimum Gasteiger partial charge on any atom is -0.493 e. The van der Waals surface area contributed by atoms with Crippen LogP contribution in [-0.4, -0.2) is 29.3 Å². The molecule has 0 radical (unpaired) electrons. The van der Waals surface area contributed by atoms with Crippen LogP contribution >= 0.6 is 11.3 Å². The summed E-state index contributed by atoms with van der Waals surface area (Å²) in [4.78, 5) is 18.1. The zero-order valence-electron chi connectivity index (χ0n) is 17.3. The maximum Gasteiger partial charge on any atom is 0.230 e. The van der Waals surface area contributed by atoms with E-state index in [0.717, 1.165) is 4.70 Å². The van der Waals surface area contributed by atoms with E-state index < -0.39 is 10.8 Å². The molecule has 32 heavy (non-hydrogen) atoms. The molecule has 1 atom stereocenters. The summed E-state index contributed by atoms with van der Waals surface area (Å²) in [6.45, 7) is 0. The standard InChI is InChI=1S/C23H19FN2O4S2/c1-29-19-12-18-21(13-20(19)30-2)31-23(25-18)26-22(27)11-14-4-3-5-17(10-14)32(28)16-8-6-15(24)7-9-16/h3-10,12-13H,11H2,1-2H3,(H,25,26,27). The average Bonchev–Trinajstić information content (AvgIpc) is 3.19. The molecule has 1 N–H and O–H groups in total. The fraction of sp³-hybridized carbons (Fsp3) is 0.130. The number of anilines is 1. The highest BCUT2D eigenvalue weighted by Crippen LogP contribution is 2.36. The molecule has 4 rings (SSSR count). The van der Waals surface area contributed by atoms with Gasteiger partial charge in [0.15, 0.2) is 16.6 Å². The van der Waals surface area contributed by atoms with Gasteiger partial charge in [-0.05, 0) is 42.0 Å². The Balaban J connectivity index is 1.48. The molecule has 0 aliphatic carbocycles. The van der Waals surface area contributed by atoms with Gasteiger partial charge < -0.3 is 14.8 Å². The van der Waals surface area contributed by atoms with Gasteiger partial charge in [0.25, 0.3) is 0 Å². The molecular weight excluding hydrogens is 451 g/mol. The average molecular weight is 471 g/mol. The monoisotopic (exact) mass is 470 g/mol. The van der Waals surface area contributed by atoms with Crippen LogP contribution in [0.4, 0.5) is 9.52 Å². The van der Waals surface area contributed by atoms with Gasteiger partial charge in [0.05, 0.1) is 41.7 Å². The van der Waals surface area contributed by atoms with Crippen LogP contribution in [-0.2, 0) is 22.0 Å². The zero-order valence-corrected chi connectivity index (χ0v) is 18.9. The molecule has 0 saturated carbocycles. The summed E-state index contributed by atoms with van der Waals surface area (Å²) in [5, 5.41) is 3.27. The Morgan fingerprint density at radius 1 is 1.03 bits per heavy atom. The fourth-order valence-electron chi connectivity index (χ4n) is 3.12. The van der Waals surface area contributed by atoms with E-state index in [1.165, 1.54) is 35.6 Å². The number of nitrogens with one attached hydrogen (secondary N) is 1. The highest BCUT2D eigenvalue weighted by atomic mass is 32.2. The molecule has 0 bridgehead atoms. The van der Waals surface area contributed by atoms with Gasteiger partial charge in [-0.3, -0.25) is 4.79 Å². The predicted molar refractivity (Wildman–Crippen MR) is 123 cm³/mol. The first kappa shape index (κ1) is 21.9. The number of hydrogen-bond acceptors (Lipinski definition) is 6. The second-order valence-electron chi connectivity index (χ2n) is 6.79. The molecule has 0 spiro atoms. The van der Waals surface area contributed by atoms with Crippen LogP contribution in [0.15, 0.2) is 70.5 Å². The van der Waals surface area contributed by atoms with Crippen molar-refractivity contribution in [3.8, 4) is 11.5 Å². The first-order chi connectivity index (χ1) is 15.5. The number of methoxy groups -OCH3 is 2. The van der Waals surface area contributed by atoms with Gasteiger partial charge in [-0.25, -0.2) is 13.6 Å². The van der Waals surface area contributed by atoms with Crippen molar-refractivity contribution in [3.05, 3.63) is 72.0 Å².